The lowest BCUT2D eigenvalue weighted by Gasteiger charge is -2.12. The van der Waals surface area contributed by atoms with E-state index in [0.717, 1.165) is 15.7 Å². The number of rotatable bonds is 4. The molecule has 2 N–H and O–H groups in total. The molecular weight excluding hydrogens is 340 g/mol. The molecule has 106 valence electrons. The summed E-state index contributed by atoms with van der Waals surface area (Å²) < 4.78 is 6.69. The van der Waals surface area contributed by atoms with Crippen molar-refractivity contribution in [3.63, 3.8) is 0 Å². The zero-order valence-electron chi connectivity index (χ0n) is 11.4. The largest absolute Gasteiger partial charge is 0.437 e. The van der Waals surface area contributed by atoms with Crippen LogP contribution in [0.3, 0.4) is 0 Å². The Balaban J connectivity index is 2.37. The van der Waals surface area contributed by atoms with Gasteiger partial charge in [-0.25, -0.2) is 4.98 Å². The highest BCUT2D eigenvalue weighted by molar-refractivity contribution is 9.10. The smallest absolute Gasteiger partial charge is 0.219 e. The first-order valence-corrected chi connectivity index (χ1v) is 7.50. The van der Waals surface area contributed by atoms with Crippen LogP contribution in [0.15, 0.2) is 34.8 Å². The van der Waals surface area contributed by atoms with Crippen LogP contribution in [0.2, 0.25) is 5.02 Å². The third kappa shape index (κ3) is 3.72. The maximum Gasteiger partial charge on any atom is 0.219 e. The second kappa shape index (κ2) is 6.57. The zero-order chi connectivity index (χ0) is 14.7. The molecule has 1 heterocycles. The molecule has 0 atom stereocenters. The highest BCUT2D eigenvalue weighted by Crippen LogP contribution is 2.32. The minimum absolute atomic E-state index is 0.307. The molecule has 0 saturated carbocycles. The van der Waals surface area contributed by atoms with Crippen molar-refractivity contribution in [1.29, 1.82) is 0 Å². The Bertz CT molecular complexity index is 617. The lowest BCUT2D eigenvalue weighted by molar-refractivity contribution is 0.458. The predicted molar refractivity (Wildman–Crippen MR) is 85.4 cm³/mol. The summed E-state index contributed by atoms with van der Waals surface area (Å²) in [4.78, 5) is 4.50. The summed E-state index contributed by atoms with van der Waals surface area (Å²) in [5, 5.41) is 0.541. The van der Waals surface area contributed by atoms with Crippen LogP contribution in [0.1, 0.15) is 31.0 Å². The SMILES string of the molecule is CC(C)c1cc(CN)cc(Oc2cc(Br)ccc2Cl)n1. The molecule has 20 heavy (non-hydrogen) atoms. The number of nitrogens with zero attached hydrogens (tertiary/aromatic N) is 1. The maximum absolute atomic E-state index is 6.12. The van der Waals surface area contributed by atoms with Crippen LogP contribution in [0.5, 0.6) is 11.6 Å². The monoisotopic (exact) mass is 354 g/mol. The van der Waals surface area contributed by atoms with Gasteiger partial charge in [-0.2, -0.15) is 0 Å². The van der Waals surface area contributed by atoms with Crippen LogP contribution in [0, 0.1) is 0 Å². The van der Waals surface area contributed by atoms with E-state index in [9.17, 15) is 0 Å². The third-order valence-corrected chi connectivity index (χ3v) is 3.62. The fraction of sp³-hybridized carbons (Fsp3) is 0.267. The van der Waals surface area contributed by atoms with Gasteiger partial charge in [0.25, 0.3) is 0 Å². The van der Waals surface area contributed by atoms with Gasteiger partial charge in [-0.3, -0.25) is 0 Å². The molecule has 5 heteroatoms. The second-order valence-electron chi connectivity index (χ2n) is 4.77. The van der Waals surface area contributed by atoms with Gasteiger partial charge in [0.05, 0.1) is 5.02 Å². The van der Waals surface area contributed by atoms with Crippen LogP contribution in [-0.2, 0) is 6.54 Å². The standard InChI is InChI=1S/C15H16BrClN2O/c1-9(2)13-5-10(8-18)6-15(19-13)20-14-7-11(16)3-4-12(14)17/h3-7,9H,8,18H2,1-2H3. The van der Waals surface area contributed by atoms with Gasteiger partial charge in [0.2, 0.25) is 5.88 Å². The summed E-state index contributed by atoms with van der Waals surface area (Å²) in [6.45, 7) is 4.61. The lowest BCUT2D eigenvalue weighted by atomic mass is 10.1. The molecule has 0 fully saturated rings. The molecule has 2 rings (SSSR count). The Morgan fingerprint density at radius 1 is 1.30 bits per heavy atom. The molecule has 0 saturated heterocycles. The number of hydrogen-bond acceptors (Lipinski definition) is 3. The highest BCUT2D eigenvalue weighted by Gasteiger charge is 2.09. The van der Waals surface area contributed by atoms with Crippen LogP contribution in [0.4, 0.5) is 0 Å². The maximum atomic E-state index is 6.12. The summed E-state index contributed by atoms with van der Waals surface area (Å²) in [6, 6.07) is 9.28. The van der Waals surface area contributed by atoms with Gasteiger partial charge in [0, 0.05) is 22.8 Å². The number of pyridine rings is 1. The van der Waals surface area contributed by atoms with Crippen molar-refractivity contribution in [3.05, 3.63) is 51.1 Å². The first-order valence-electron chi connectivity index (χ1n) is 6.33. The van der Waals surface area contributed by atoms with Crippen molar-refractivity contribution in [2.24, 2.45) is 5.73 Å². The normalized spacial score (nSPS) is 10.9. The number of aromatic nitrogens is 1. The minimum atomic E-state index is 0.307. The Morgan fingerprint density at radius 2 is 2.05 bits per heavy atom. The summed E-state index contributed by atoms with van der Waals surface area (Å²) in [5.74, 6) is 1.39. The Hall–Kier alpha value is -1.10. The molecule has 3 nitrogen and oxygen atoms in total. The summed E-state index contributed by atoms with van der Waals surface area (Å²) in [7, 11) is 0. The first-order chi connectivity index (χ1) is 9.49. The molecule has 1 aromatic carbocycles. The van der Waals surface area contributed by atoms with Crippen LogP contribution < -0.4 is 10.5 Å². The Labute approximate surface area is 132 Å². The fourth-order valence-corrected chi connectivity index (χ4v) is 2.21. The van der Waals surface area contributed by atoms with Gasteiger partial charge in [0.1, 0.15) is 5.75 Å². The van der Waals surface area contributed by atoms with Gasteiger partial charge in [0.15, 0.2) is 0 Å². The lowest BCUT2D eigenvalue weighted by Crippen LogP contribution is -2.02. The van der Waals surface area contributed by atoms with E-state index in [1.807, 2.05) is 24.3 Å². The predicted octanol–water partition coefficient (Wildman–Crippen LogP) is 4.87. The number of nitrogens with two attached hydrogens (primary N) is 1. The molecule has 2 aromatic rings. The summed E-state index contributed by atoms with van der Waals surface area (Å²) >= 11 is 9.52. The van der Waals surface area contributed by atoms with Crippen molar-refractivity contribution in [1.82, 2.24) is 4.98 Å². The van der Waals surface area contributed by atoms with E-state index >= 15 is 0 Å². The molecule has 0 spiro atoms. The van der Waals surface area contributed by atoms with Gasteiger partial charge < -0.3 is 10.5 Å². The van der Waals surface area contributed by atoms with Crippen molar-refractivity contribution >= 4 is 27.5 Å². The number of benzene rings is 1. The average Bonchev–Trinajstić information content (AvgIpc) is 2.42. The van der Waals surface area contributed by atoms with Crippen molar-refractivity contribution < 1.29 is 4.74 Å². The van der Waals surface area contributed by atoms with Crippen LogP contribution in [-0.4, -0.2) is 4.98 Å². The van der Waals surface area contributed by atoms with E-state index in [1.54, 1.807) is 6.07 Å². The second-order valence-corrected chi connectivity index (χ2v) is 6.10. The number of ether oxygens (including phenoxy) is 1. The van der Waals surface area contributed by atoms with Crippen molar-refractivity contribution in [2.75, 3.05) is 0 Å². The van der Waals surface area contributed by atoms with E-state index in [1.165, 1.54) is 0 Å². The zero-order valence-corrected chi connectivity index (χ0v) is 13.7. The average molecular weight is 356 g/mol. The van der Waals surface area contributed by atoms with E-state index < -0.39 is 0 Å². The van der Waals surface area contributed by atoms with Gasteiger partial charge in [-0.1, -0.05) is 41.4 Å². The molecule has 0 bridgehead atoms. The van der Waals surface area contributed by atoms with Crippen molar-refractivity contribution in [3.8, 4) is 11.6 Å². The fourth-order valence-electron chi connectivity index (χ4n) is 1.72. The van der Waals surface area contributed by atoms with Crippen LogP contribution >= 0.6 is 27.5 Å². The van der Waals surface area contributed by atoms with E-state index in [0.29, 0.717) is 29.1 Å². The summed E-state index contributed by atoms with van der Waals surface area (Å²) in [6.07, 6.45) is 0. The first kappa shape index (κ1) is 15.3. The quantitative estimate of drug-likeness (QED) is 0.851. The topological polar surface area (TPSA) is 48.1 Å². The minimum Gasteiger partial charge on any atom is -0.437 e. The molecule has 0 radical (unpaired) electrons. The summed E-state index contributed by atoms with van der Waals surface area (Å²) in [5.41, 5.74) is 7.66. The molecule has 0 aliphatic rings. The Kier molecular flexibility index (Phi) is 5.02. The highest BCUT2D eigenvalue weighted by atomic mass is 79.9. The van der Waals surface area contributed by atoms with Gasteiger partial charge >= 0.3 is 0 Å². The van der Waals surface area contributed by atoms with E-state index in [4.69, 9.17) is 22.1 Å². The van der Waals surface area contributed by atoms with Crippen LogP contribution in [0.25, 0.3) is 0 Å². The van der Waals surface area contributed by atoms with Gasteiger partial charge in [-0.15, -0.1) is 0 Å². The number of hydrogen-bond donors (Lipinski definition) is 1. The van der Waals surface area contributed by atoms with E-state index in [2.05, 4.69) is 34.8 Å². The molecule has 0 aliphatic carbocycles. The third-order valence-electron chi connectivity index (χ3n) is 2.82. The molecule has 0 unspecified atom stereocenters. The number of halogens is 2. The Morgan fingerprint density at radius 3 is 2.70 bits per heavy atom. The molecular formula is C15H16BrClN2O. The van der Waals surface area contributed by atoms with E-state index in [-0.39, 0.29) is 0 Å². The molecule has 1 aromatic heterocycles. The molecule has 0 amide bonds. The molecule has 0 aliphatic heterocycles. The van der Waals surface area contributed by atoms with Crippen molar-refractivity contribution in [2.45, 2.75) is 26.3 Å². The van der Waals surface area contributed by atoms with Gasteiger partial charge in [-0.05, 0) is 35.7 Å².